The lowest BCUT2D eigenvalue weighted by Crippen LogP contribution is -2.29. The van der Waals surface area contributed by atoms with Crippen LogP contribution in [0, 0.1) is 6.92 Å². The zero-order valence-electron chi connectivity index (χ0n) is 15.0. The number of hydrogen-bond donors (Lipinski definition) is 1. The normalized spacial score (nSPS) is 15.3. The molecule has 1 N–H and O–H groups in total. The number of benzene rings is 1. The average molecular weight is 350 g/mol. The van der Waals surface area contributed by atoms with E-state index in [1.807, 2.05) is 37.3 Å². The van der Waals surface area contributed by atoms with Crippen LogP contribution >= 0.6 is 0 Å². The van der Waals surface area contributed by atoms with E-state index in [2.05, 4.69) is 15.3 Å². The van der Waals surface area contributed by atoms with Crippen molar-refractivity contribution in [1.29, 1.82) is 0 Å². The van der Waals surface area contributed by atoms with Gasteiger partial charge in [0.1, 0.15) is 5.52 Å². The molecular formula is C20H22N4O2. The van der Waals surface area contributed by atoms with E-state index in [0.717, 1.165) is 48.3 Å². The monoisotopic (exact) mass is 350 g/mol. The summed E-state index contributed by atoms with van der Waals surface area (Å²) in [5.74, 6) is 0.505. The molecule has 0 atom stereocenters. The van der Waals surface area contributed by atoms with Gasteiger partial charge in [-0.05, 0) is 31.4 Å². The maximum atomic E-state index is 12.9. The lowest BCUT2D eigenvalue weighted by Gasteiger charge is -2.23. The highest BCUT2D eigenvalue weighted by atomic mass is 16.5. The van der Waals surface area contributed by atoms with E-state index in [9.17, 15) is 4.79 Å². The summed E-state index contributed by atoms with van der Waals surface area (Å²) in [6, 6.07) is 10.3. The number of nitrogens with zero attached hydrogens (tertiary/aromatic N) is 3. The number of ether oxygens (including phenoxy) is 1. The van der Waals surface area contributed by atoms with Gasteiger partial charge in [0.05, 0.1) is 5.69 Å². The molecule has 1 aliphatic heterocycles. The van der Waals surface area contributed by atoms with Crippen LogP contribution in [0.15, 0.2) is 41.3 Å². The molecule has 0 unspecified atom stereocenters. The van der Waals surface area contributed by atoms with Crippen molar-refractivity contribution in [3.8, 4) is 11.3 Å². The van der Waals surface area contributed by atoms with Crippen LogP contribution in [0.1, 0.15) is 18.4 Å². The Labute approximate surface area is 151 Å². The van der Waals surface area contributed by atoms with Gasteiger partial charge in [-0.1, -0.05) is 24.3 Å². The maximum absolute atomic E-state index is 12.9. The maximum Gasteiger partial charge on any atom is 0.277 e. The van der Waals surface area contributed by atoms with Crippen molar-refractivity contribution in [2.24, 2.45) is 7.05 Å². The van der Waals surface area contributed by atoms with Gasteiger partial charge in [0.25, 0.3) is 5.56 Å². The Balaban J connectivity index is 1.76. The first kappa shape index (κ1) is 16.7. The molecule has 26 heavy (non-hydrogen) atoms. The fraction of sp³-hybridized carbons (Fsp3) is 0.350. The molecule has 0 radical (unpaired) electrons. The molecule has 6 heteroatoms. The molecule has 0 bridgehead atoms. The molecule has 0 saturated carbocycles. The van der Waals surface area contributed by atoms with Gasteiger partial charge in [0.15, 0.2) is 0 Å². The summed E-state index contributed by atoms with van der Waals surface area (Å²) < 4.78 is 7.04. The Morgan fingerprint density at radius 1 is 1.23 bits per heavy atom. The molecule has 1 saturated heterocycles. The molecule has 1 aromatic carbocycles. The fourth-order valence-corrected chi connectivity index (χ4v) is 3.39. The fourth-order valence-electron chi connectivity index (χ4n) is 3.39. The van der Waals surface area contributed by atoms with Crippen molar-refractivity contribution < 1.29 is 4.74 Å². The molecule has 3 aromatic rings. The largest absolute Gasteiger partial charge is 0.381 e. The van der Waals surface area contributed by atoms with Gasteiger partial charge < -0.3 is 14.6 Å². The Bertz CT molecular complexity index is 1010. The second-order valence-corrected chi connectivity index (χ2v) is 6.74. The highest BCUT2D eigenvalue weighted by Crippen LogP contribution is 2.24. The van der Waals surface area contributed by atoms with Crippen LogP contribution in [0.2, 0.25) is 0 Å². The second kappa shape index (κ2) is 6.88. The summed E-state index contributed by atoms with van der Waals surface area (Å²) in [6.07, 6.45) is 3.57. The summed E-state index contributed by atoms with van der Waals surface area (Å²) in [7, 11) is 1.79. The highest BCUT2D eigenvalue weighted by molar-refractivity contribution is 5.83. The van der Waals surface area contributed by atoms with Crippen molar-refractivity contribution in [3.05, 3.63) is 52.4 Å². The first-order chi connectivity index (χ1) is 12.6. The third-order valence-electron chi connectivity index (χ3n) is 4.95. The van der Waals surface area contributed by atoms with Crippen molar-refractivity contribution in [2.75, 3.05) is 18.5 Å². The number of aryl methyl sites for hydroxylation is 1. The van der Waals surface area contributed by atoms with E-state index in [-0.39, 0.29) is 11.6 Å². The third-order valence-corrected chi connectivity index (χ3v) is 4.95. The smallest absolute Gasteiger partial charge is 0.277 e. The molecule has 0 spiro atoms. The summed E-state index contributed by atoms with van der Waals surface area (Å²) in [4.78, 5) is 21.8. The Hall–Kier alpha value is -2.73. The van der Waals surface area contributed by atoms with Crippen LogP contribution in [-0.2, 0) is 11.8 Å². The molecule has 6 nitrogen and oxygen atoms in total. The van der Waals surface area contributed by atoms with Gasteiger partial charge >= 0.3 is 0 Å². The third kappa shape index (κ3) is 3.08. The topological polar surface area (TPSA) is 69.0 Å². The van der Waals surface area contributed by atoms with E-state index in [4.69, 9.17) is 4.74 Å². The van der Waals surface area contributed by atoms with Crippen molar-refractivity contribution in [1.82, 2.24) is 14.5 Å². The minimum atomic E-state index is -0.113. The minimum Gasteiger partial charge on any atom is -0.381 e. The Kier molecular flexibility index (Phi) is 4.42. The summed E-state index contributed by atoms with van der Waals surface area (Å²) in [6.45, 7) is 3.53. The number of hydrogen-bond acceptors (Lipinski definition) is 5. The summed E-state index contributed by atoms with van der Waals surface area (Å²) in [5, 5.41) is 4.08. The Morgan fingerprint density at radius 2 is 2.00 bits per heavy atom. The molecule has 2 aromatic heterocycles. The number of pyridine rings is 1. The van der Waals surface area contributed by atoms with Gasteiger partial charge in [0.2, 0.25) is 5.95 Å². The van der Waals surface area contributed by atoms with Crippen molar-refractivity contribution in [3.63, 3.8) is 0 Å². The van der Waals surface area contributed by atoms with E-state index < -0.39 is 0 Å². The zero-order valence-corrected chi connectivity index (χ0v) is 15.0. The lowest BCUT2D eigenvalue weighted by molar-refractivity contribution is 0.0903. The SMILES string of the molecule is Cc1ccccc1-c1cc2cnc(NC3CCOCC3)nc2c(=O)n1C. The van der Waals surface area contributed by atoms with Gasteiger partial charge in [-0.15, -0.1) is 0 Å². The van der Waals surface area contributed by atoms with Crippen LogP contribution < -0.4 is 10.9 Å². The van der Waals surface area contributed by atoms with Crippen LogP contribution in [-0.4, -0.2) is 33.8 Å². The van der Waals surface area contributed by atoms with Crippen LogP contribution in [0.5, 0.6) is 0 Å². The summed E-state index contributed by atoms with van der Waals surface area (Å²) in [5.41, 5.74) is 3.36. The van der Waals surface area contributed by atoms with Crippen molar-refractivity contribution >= 4 is 16.9 Å². The first-order valence-electron chi connectivity index (χ1n) is 8.90. The molecule has 3 heterocycles. The number of nitrogens with one attached hydrogen (secondary N) is 1. The van der Waals surface area contributed by atoms with Crippen LogP contribution in [0.4, 0.5) is 5.95 Å². The van der Waals surface area contributed by atoms with Gasteiger partial charge in [-0.2, -0.15) is 0 Å². The van der Waals surface area contributed by atoms with E-state index in [1.165, 1.54) is 0 Å². The quantitative estimate of drug-likeness (QED) is 0.787. The van der Waals surface area contributed by atoms with Gasteiger partial charge in [0, 0.05) is 43.4 Å². The van der Waals surface area contributed by atoms with E-state index >= 15 is 0 Å². The van der Waals surface area contributed by atoms with Gasteiger partial charge in [-0.25, -0.2) is 9.97 Å². The standard InChI is InChI=1S/C20H22N4O2/c1-13-5-3-4-6-16(13)17-11-14-12-21-20(22-15-7-9-26-10-8-15)23-18(14)19(25)24(17)2/h3-6,11-12,15H,7-10H2,1-2H3,(H,21,22,23). The molecule has 1 aliphatic rings. The predicted octanol–water partition coefficient (Wildman–Crippen LogP) is 2.89. The van der Waals surface area contributed by atoms with E-state index in [0.29, 0.717) is 11.5 Å². The molecule has 134 valence electrons. The molecule has 0 amide bonds. The van der Waals surface area contributed by atoms with Crippen LogP contribution in [0.25, 0.3) is 22.2 Å². The summed E-state index contributed by atoms with van der Waals surface area (Å²) >= 11 is 0. The van der Waals surface area contributed by atoms with E-state index in [1.54, 1.807) is 17.8 Å². The van der Waals surface area contributed by atoms with Crippen molar-refractivity contribution in [2.45, 2.75) is 25.8 Å². The molecule has 0 aliphatic carbocycles. The average Bonchev–Trinajstić information content (AvgIpc) is 2.66. The van der Waals surface area contributed by atoms with Crippen LogP contribution in [0.3, 0.4) is 0 Å². The first-order valence-corrected chi connectivity index (χ1v) is 8.90. The molecular weight excluding hydrogens is 328 g/mol. The predicted molar refractivity (Wildman–Crippen MR) is 102 cm³/mol. The number of anilines is 1. The minimum absolute atomic E-state index is 0.113. The highest BCUT2D eigenvalue weighted by Gasteiger charge is 2.16. The Morgan fingerprint density at radius 3 is 2.77 bits per heavy atom. The second-order valence-electron chi connectivity index (χ2n) is 6.74. The lowest BCUT2D eigenvalue weighted by atomic mass is 10.0. The zero-order chi connectivity index (χ0) is 18.1. The molecule has 1 fully saturated rings. The number of aromatic nitrogens is 3. The number of fused-ring (bicyclic) bond motifs is 1. The van der Waals surface area contributed by atoms with Gasteiger partial charge in [-0.3, -0.25) is 4.79 Å². The number of rotatable bonds is 3. The molecule has 4 rings (SSSR count).